The Labute approximate surface area is 222 Å². The van der Waals surface area contributed by atoms with E-state index in [2.05, 4.69) is 20.8 Å². The third kappa shape index (κ3) is 4.17. The maximum Gasteiger partial charge on any atom is 0.234 e. The third-order valence-corrected chi connectivity index (χ3v) is 12.7. The largest absolute Gasteiger partial charge is 0.396 e. The fraction of sp³-hybridized carbons (Fsp3) is 1.00. The van der Waals surface area contributed by atoms with Crippen LogP contribution in [0.15, 0.2) is 0 Å². The smallest absolute Gasteiger partial charge is 0.234 e. The van der Waals surface area contributed by atoms with Gasteiger partial charge in [-0.2, -0.15) is 19.6 Å². The van der Waals surface area contributed by atoms with Crippen molar-refractivity contribution in [3.63, 3.8) is 0 Å². The second-order valence-electron chi connectivity index (χ2n) is 14.4. The molecule has 7 nitrogen and oxygen atoms in total. The third-order valence-electron chi connectivity index (χ3n) is 12.7. The molecule has 10 atom stereocenters. The Bertz CT molecular complexity index is 819. The van der Waals surface area contributed by atoms with E-state index >= 15 is 0 Å². The van der Waals surface area contributed by atoms with Crippen LogP contribution in [0.4, 0.5) is 0 Å². The van der Waals surface area contributed by atoms with Crippen molar-refractivity contribution in [2.75, 3.05) is 6.61 Å². The second-order valence-corrected chi connectivity index (χ2v) is 14.4. The Morgan fingerprint density at radius 2 is 1.54 bits per heavy atom. The van der Waals surface area contributed by atoms with E-state index in [0.29, 0.717) is 30.6 Å². The summed E-state index contributed by atoms with van der Waals surface area (Å²) in [6.45, 7) is 7.23. The van der Waals surface area contributed by atoms with Crippen LogP contribution in [0, 0.1) is 46.3 Å². The van der Waals surface area contributed by atoms with Crippen molar-refractivity contribution in [3.8, 4) is 0 Å². The summed E-state index contributed by atoms with van der Waals surface area (Å²) < 4.78 is 0. The minimum absolute atomic E-state index is 0.0186. The predicted octanol–water partition coefficient (Wildman–Crippen LogP) is 5.26. The van der Waals surface area contributed by atoms with Gasteiger partial charge in [0.25, 0.3) is 0 Å². The van der Waals surface area contributed by atoms with E-state index < -0.39 is 11.6 Å². The number of aliphatic hydroxyl groups excluding tert-OH is 3. The molecule has 1 aliphatic heterocycles. The van der Waals surface area contributed by atoms with Gasteiger partial charge in [0, 0.05) is 32.3 Å². The average molecular weight is 523 g/mol. The highest BCUT2D eigenvalue weighted by Crippen LogP contribution is 2.69. The van der Waals surface area contributed by atoms with Gasteiger partial charge >= 0.3 is 0 Å². The molecule has 0 amide bonds. The molecule has 0 bridgehead atoms. The Balaban J connectivity index is 1.19. The lowest BCUT2D eigenvalue weighted by atomic mass is 9.43. The van der Waals surface area contributed by atoms with Gasteiger partial charge in [-0.05, 0) is 104 Å². The maximum absolute atomic E-state index is 11.8. The van der Waals surface area contributed by atoms with Gasteiger partial charge in [-0.15, -0.1) is 0 Å². The van der Waals surface area contributed by atoms with Crippen LogP contribution in [-0.4, -0.2) is 45.7 Å². The lowest BCUT2D eigenvalue weighted by Gasteiger charge is -2.64. The molecule has 6 fully saturated rings. The zero-order valence-electron chi connectivity index (χ0n) is 23.2. The minimum Gasteiger partial charge on any atom is -0.396 e. The summed E-state index contributed by atoms with van der Waals surface area (Å²) in [4.78, 5) is 24.0. The van der Waals surface area contributed by atoms with E-state index in [0.717, 1.165) is 70.6 Å². The fourth-order valence-electron chi connectivity index (χ4n) is 10.5. The van der Waals surface area contributed by atoms with Crippen molar-refractivity contribution in [2.24, 2.45) is 46.3 Å². The van der Waals surface area contributed by atoms with Crippen molar-refractivity contribution in [1.29, 1.82) is 0 Å². The summed E-state index contributed by atoms with van der Waals surface area (Å²) in [7, 11) is 0. The number of rotatable bonds is 4. The molecule has 0 aromatic heterocycles. The second kappa shape index (κ2) is 9.67. The first-order valence-electron chi connectivity index (χ1n) is 15.4. The van der Waals surface area contributed by atoms with Gasteiger partial charge in [-0.1, -0.05) is 27.2 Å². The normalized spacial score (nSPS) is 49.3. The topological polar surface area (TPSA) is 97.6 Å². The van der Waals surface area contributed by atoms with Crippen LogP contribution >= 0.6 is 0 Å². The Kier molecular flexibility index (Phi) is 7.04. The molecule has 5 aliphatic carbocycles. The molecule has 37 heavy (non-hydrogen) atoms. The molecule has 212 valence electrons. The number of hydrogen-bond donors (Lipinski definition) is 3. The lowest BCUT2D eigenvalue weighted by Crippen LogP contribution is -2.64. The predicted molar refractivity (Wildman–Crippen MR) is 136 cm³/mol. The van der Waals surface area contributed by atoms with E-state index in [1.165, 1.54) is 6.42 Å². The monoisotopic (exact) mass is 522 g/mol. The van der Waals surface area contributed by atoms with Gasteiger partial charge in [0.05, 0.1) is 12.2 Å². The van der Waals surface area contributed by atoms with Crippen molar-refractivity contribution in [1.82, 2.24) is 0 Å². The van der Waals surface area contributed by atoms with E-state index in [-0.39, 0.29) is 47.4 Å². The molecule has 0 aromatic carbocycles. The highest BCUT2D eigenvalue weighted by atomic mass is 17.4. The summed E-state index contributed by atoms with van der Waals surface area (Å²) in [6.07, 6.45) is 11.9. The van der Waals surface area contributed by atoms with E-state index in [1.807, 2.05) is 0 Å². The summed E-state index contributed by atoms with van der Waals surface area (Å²) in [5.41, 5.74) is -0.146. The summed E-state index contributed by atoms with van der Waals surface area (Å²) >= 11 is 0. The van der Waals surface area contributed by atoms with Crippen molar-refractivity contribution >= 4 is 0 Å². The number of fused-ring (bicyclic) bond motifs is 5. The van der Waals surface area contributed by atoms with Gasteiger partial charge in [0.15, 0.2) is 0 Å². The molecule has 3 N–H and O–H groups in total. The van der Waals surface area contributed by atoms with Gasteiger partial charge in [0.2, 0.25) is 11.6 Å². The SMILES string of the molecule is C[C@H](CCCO)[C@H]1CC[C@H]2[C@@H]3[C@H](O)C[C@@H]4CC5(CC[C@]4(C)[C@H]3C[C@H](O)[C@]12C)OOC1(CCCCC1)OO5. The summed E-state index contributed by atoms with van der Waals surface area (Å²) in [6, 6.07) is 0. The first kappa shape index (κ1) is 26.9. The quantitative estimate of drug-likeness (QED) is 0.433. The van der Waals surface area contributed by atoms with Crippen molar-refractivity contribution < 1.29 is 34.9 Å². The zero-order chi connectivity index (χ0) is 26.1. The van der Waals surface area contributed by atoms with Gasteiger partial charge in [0.1, 0.15) is 0 Å². The Morgan fingerprint density at radius 3 is 2.24 bits per heavy atom. The van der Waals surface area contributed by atoms with Crippen LogP contribution in [0.3, 0.4) is 0 Å². The standard InChI is InChI=1S/C30H50O7/c1-19(8-7-15-31)21-9-10-22-26-23(17-25(33)28(21,22)3)27(2)13-14-30(18-20(27)16-24(26)32)36-34-29(35-37-30)11-5-4-6-12-29/h19-26,31-33H,4-18H2,1-3H3/t19-,20-,21-,22+,23+,24-,25+,26+,27+,28-/m1/s1. The van der Waals surface area contributed by atoms with E-state index in [4.69, 9.17) is 19.6 Å². The van der Waals surface area contributed by atoms with Crippen molar-refractivity contribution in [2.45, 2.75) is 134 Å². The first-order valence-corrected chi connectivity index (χ1v) is 15.4. The van der Waals surface area contributed by atoms with Crippen LogP contribution < -0.4 is 0 Å². The minimum atomic E-state index is -0.901. The summed E-state index contributed by atoms with van der Waals surface area (Å²) in [5, 5.41) is 32.8. The molecule has 1 saturated heterocycles. The van der Waals surface area contributed by atoms with Crippen LogP contribution in [0.2, 0.25) is 0 Å². The van der Waals surface area contributed by atoms with Crippen LogP contribution in [0.25, 0.3) is 0 Å². The molecular weight excluding hydrogens is 472 g/mol. The molecule has 6 rings (SSSR count). The highest BCUT2D eigenvalue weighted by molar-refractivity contribution is 5.15. The van der Waals surface area contributed by atoms with Gasteiger partial charge < -0.3 is 15.3 Å². The number of aliphatic hydroxyl groups is 3. The van der Waals surface area contributed by atoms with Crippen LogP contribution in [0.5, 0.6) is 0 Å². The molecule has 7 heteroatoms. The lowest BCUT2D eigenvalue weighted by molar-refractivity contribution is -0.665. The molecule has 0 radical (unpaired) electrons. The summed E-state index contributed by atoms with van der Waals surface area (Å²) in [5.74, 6) is 0.332. The molecule has 0 aromatic rings. The van der Waals surface area contributed by atoms with E-state index in [9.17, 15) is 15.3 Å². The molecule has 5 saturated carbocycles. The van der Waals surface area contributed by atoms with Crippen LogP contribution in [-0.2, 0) is 19.6 Å². The first-order chi connectivity index (χ1) is 17.7. The molecule has 6 aliphatic rings. The van der Waals surface area contributed by atoms with E-state index in [1.54, 1.807) is 0 Å². The molecular formula is C30H50O7. The average Bonchev–Trinajstić information content (AvgIpc) is 3.25. The molecule has 2 spiro atoms. The van der Waals surface area contributed by atoms with Crippen LogP contribution in [0.1, 0.15) is 111 Å². The number of hydrogen-bond acceptors (Lipinski definition) is 7. The van der Waals surface area contributed by atoms with Gasteiger partial charge in [-0.3, -0.25) is 0 Å². The van der Waals surface area contributed by atoms with Gasteiger partial charge in [-0.25, -0.2) is 0 Å². The molecule has 1 heterocycles. The molecule has 0 unspecified atom stereocenters. The maximum atomic E-state index is 11.8. The Morgan fingerprint density at radius 1 is 0.838 bits per heavy atom. The van der Waals surface area contributed by atoms with Crippen molar-refractivity contribution in [3.05, 3.63) is 0 Å². The zero-order valence-corrected chi connectivity index (χ0v) is 23.2. The Hall–Kier alpha value is -0.280. The highest BCUT2D eigenvalue weighted by Gasteiger charge is 2.67. The fourth-order valence-corrected chi connectivity index (χ4v) is 10.5.